The lowest BCUT2D eigenvalue weighted by Gasteiger charge is -2.24. The Labute approximate surface area is 210 Å². The number of aromatic amines is 1. The Morgan fingerprint density at radius 1 is 1.11 bits per heavy atom. The van der Waals surface area contributed by atoms with E-state index in [1.807, 2.05) is 18.2 Å². The predicted octanol–water partition coefficient (Wildman–Crippen LogP) is 5.48. The summed E-state index contributed by atoms with van der Waals surface area (Å²) in [6.45, 7) is 10.6. The molecule has 1 aliphatic rings. The molecule has 1 fully saturated rings. The van der Waals surface area contributed by atoms with Gasteiger partial charge in [-0.2, -0.15) is 15.0 Å². The Bertz CT molecular complexity index is 1480. The monoisotopic (exact) mass is 510 g/mol. The van der Waals surface area contributed by atoms with E-state index in [0.29, 0.717) is 12.2 Å². The Balaban J connectivity index is 1.54. The lowest BCUT2D eigenvalue weighted by atomic mass is 9.87. The van der Waals surface area contributed by atoms with Gasteiger partial charge in [0.05, 0.1) is 40.7 Å². The van der Waals surface area contributed by atoms with Gasteiger partial charge in [-0.3, -0.25) is 4.79 Å². The van der Waals surface area contributed by atoms with E-state index >= 15 is 0 Å². The third-order valence-corrected chi connectivity index (χ3v) is 6.26. The van der Waals surface area contributed by atoms with Gasteiger partial charge < -0.3 is 14.6 Å². The fourth-order valence-electron chi connectivity index (χ4n) is 4.46. The van der Waals surface area contributed by atoms with Crippen molar-refractivity contribution in [1.29, 1.82) is 0 Å². The highest BCUT2D eigenvalue weighted by molar-refractivity contribution is 5.99. The molecule has 0 bridgehead atoms. The molecule has 11 heteroatoms. The number of rotatable bonds is 4. The molecule has 192 valence electrons. The number of fused-ring (bicyclic) bond motifs is 1. The van der Waals surface area contributed by atoms with E-state index in [9.17, 15) is 18.0 Å². The second-order valence-corrected chi connectivity index (χ2v) is 10.1. The highest BCUT2D eigenvalue weighted by atomic mass is 19.4. The highest BCUT2D eigenvalue weighted by Gasteiger charge is 2.37. The van der Waals surface area contributed by atoms with E-state index in [2.05, 4.69) is 47.3 Å². The van der Waals surface area contributed by atoms with E-state index < -0.39 is 24.1 Å². The number of benzene rings is 2. The molecule has 1 atom stereocenters. The van der Waals surface area contributed by atoms with Crippen molar-refractivity contribution in [2.45, 2.75) is 45.0 Å². The van der Waals surface area contributed by atoms with Crippen LogP contribution in [-0.4, -0.2) is 48.7 Å². The molecule has 1 unspecified atom stereocenters. The smallest absolute Gasteiger partial charge is 0.406 e. The molecule has 0 spiro atoms. The van der Waals surface area contributed by atoms with Crippen molar-refractivity contribution < 1.29 is 22.7 Å². The topological polar surface area (TPSA) is 88.9 Å². The molecule has 0 radical (unpaired) electrons. The minimum Gasteiger partial charge on any atom is -0.406 e. The molecule has 4 aromatic rings. The summed E-state index contributed by atoms with van der Waals surface area (Å²) in [6, 6.07) is 9.03. The second kappa shape index (κ2) is 8.75. The number of carbonyl (C=O) groups is 1. The molecule has 3 heterocycles. The van der Waals surface area contributed by atoms with Crippen LogP contribution in [0.4, 0.5) is 13.2 Å². The van der Waals surface area contributed by atoms with Gasteiger partial charge in [0.2, 0.25) is 0 Å². The first-order valence-corrected chi connectivity index (χ1v) is 11.6. The maximum atomic E-state index is 13.8. The molecule has 2 aromatic carbocycles. The summed E-state index contributed by atoms with van der Waals surface area (Å²) >= 11 is 0. The zero-order chi connectivity index (χ0) is 26.5. The van der Waals surface area contributed by atoms with E-state index in [1.54, 1.807) is 4.90 Å². The van der Waals surface area contributed by atoms with Crippen molar-refractivity contribution in [3.05, 3.63) is 77.9 Å². The van der Waals surface area contributed by atoms with Crippen molar-refractivity contribution in [1.82, 2.24) is 29.9 Å². The molecule has 1 amide bonds. The highest BCUT2D eigenvalue weighted by Crippen LogP contribution is 2.37. The SMILES string of the molecule is C=C1CC(c2nc3ccc(C(C)(C)C)cc3[nH]2)N(C(=O)c2cc(OC(F)(F)F)ccc2-n2nccn2)C1. The van der Waals surface area contributed by atoms with Gasteiger partial charge in [0, 0.05) is 6.54 Å². The largest absolute Gasteiger partial charge is 0.573 e. The zero-order valence-electron chi connectivity index (χ0n) is 20.5. The molecule has 8 nitrogen and oxygen atoms in total. The lowest BCUT2D eigenvalue weighted by molar-refractivity contribution is -0.274. The molecular weight excluding hydrogens is 485 g/mol. The predicted molar refractivity (Wildman–Crippen MR) is 130 cm³/mol. The summed E-state index contributed by atoms with van der Waals surface area (Å²) in [6.07, 6.45) is -1.62. The molecule has 5 rings (SSSR count). The molecule has 1 saturated heterocycles. The molecule has 1 N–H and O–H groups in total. The van der Waals surface area contributed by atoms with Crippen LogP contribution < -0.4 is 4.74 Å². The van der Waals surface area contributed by atoms with Crippen molar-refractivity contribution in [2.75, 3.05) is 6.54 Å². The molecule has 37 heavy (non-hydrogen) atoms. The van der Waals surface area contributed by atoms with Gasteiger partial charge in [-0.05, 0) is 47.7 Å². The van der Waals surface area contributed by atoms with Gasteiger partial charge in [0.25, 0.3) is 5.91 Å². The van der Waals surface area contributed by atoms with Gasteiger partial charge in [-0.1, -0.05) is 39.0 Å². The average molecular weight is 511 g/mol. The number of imidazole rings is 1. The Kier molecular flexibility index (Phi) is 5.81. The summed E-state index contributed by atoms with van der Waals surface area (Å²) in [5.74, 6) is -0.450. The number of hydrogen-bond donors (Lipinski definition) is 1. The van der Waals surface area contributed by atoms with Crippen LogP contribution in [0.3, 0.4) is 0 Å². The average Bonchev–Trinajstić information content (AvgIpc) is 3.55. The number of nitrogens with zero attached hydrogens (tertiary/aromatic N) is 5. The van der Waals surface area contributed by atoms with Crippen molar-refractivity contribution >= 4 is 16.9 Å². The van der Waals surface area contributed by atoms with Crippen molar-refractivity contribution in [3.8, 4) is 11.4 Å². The first-order valence-electron chi connectivity index (χ1n) is 11.6. The van der Waals surface area contributed by atoms with Crippen LogP contribution in [0.25, 0.3) is 16.7 Å². The molecule has 0 aliphatic carbocycles. The van der Waals surface area contributed by atoms with E-state index in [4.69, 9.17) is 4.98 Å². The first kappa shape index (κ1) is 24.5. The number of aromatic nitrogens is 5. The van der Waals surface area contributed by atoms with Crippen LogP contribution >= 0.6 is 0 Å². The normalized spacial score (nSPS) is 16.5. The van der Waals surface area contributed by atoms with Crippen LogP contribution in [0.15, 0.2) is 60.9 Å². The number of ether oxygens (including phenoxy) is 1. The number of H-pyrrole nitrogens is 1. The van der Waals surface area contributed by atoms with Gasteiger partial charge in [0.15, 0.2) is 0 Å². The Morgan fingerprint density at radius 2 is 1.84 bits per heavy atom. The van der Waals surface area contributed by atoms with Crippen molar-refractivity contribution in [2.24, 2.45) is 0 Å². The van der Waals surface area contributed by atoms with E-state index in [0.717, 1.165) is 34.3 Å². The zero-order valence-corrected chi connectivity index (χ0v) is 20.5. The third-order valence-electron chi connectivity index (χ3n) is 6.26. The quantitative estimate of drug-likeness (QED) is 0.367. The van der Waals surface area contributed by atoms with Crippen molar-refractivity contribution in [3.63, 3.8) is 0 Å². The van der Waals surface area contributed by atoms with Crippen LogP contribution in [0.5, 0.6) is 5.75 Å². The van der Waals surface area contributed by atoms with E-state index in [-0.39, 0.29) is 23.2 Å². The van der Waals surface area contributed by atoms with Gasteiger partial charge in [-0.15, -0.1) is 13.2 Å². The van der Waals surface area contributed by atoms with E-state index in [1.165, 1.54) is 23.3 Å². The third kappa shape index (κ3) is 4.93. The summed E-state index contributed by atoms with van der Waals surface area (Å²) in [5.41, 5.74) is 3.67. The van der Waals surface area contributed by atoms with Crippen LogP contribution in [0.2, 0.25) is 0 Å². The number of halogens is 3. The number of carbonyl (C=O) groups excluding carboxylic acids is 1. The molecule has 0 saturated carbocycles. The minimum absolute atomic E-state index is 0.0382. The minimum atomic E-state index is -4.91. The summed E-state index contributed by atoms with van der Waals surface area (Å²) < 4.78 is 42.8. The maximum absolute atomic E-state index is 13.8. The van der Waals surface area contributed by atoms with Gasteiger partial charge in [-0.25, -0.2) is 4.98 Å². The first-order chi connectivity index (χ1) is 17.4. The lowest BCUT2D eigenvalue weighted by Crippen LogP contribution is -2.32. The molecule has 1 aliphatic heterocycles. The number of hydrogen-bond acceptors (Lipinski definition) is 5. The maximum Gasteiger partial charge on any atom is 0.573 e. The molecule has 2 aromatic heterocycles. The van der Waals surface area contributed by atoms with Crippen LogP contribution in [-0.2, 0) is 5.41 Å². The Hall–Kier alpha value is -4.15. The van der Waals surface area contributed by atoms with Crippen LogP contribution in [0, 0.1) is 0 Å². The van der Waals surface area contributed by atoms with Gasteiger partial charge >= 0.3 is 6.36 Å². The second-order valence-electron chi connectivity index (χ2n) is 10.1. The fourth-order valence-corrected chi connectivity index (χ4v) is 4.46. The summed E-state index contributed by atoms with van der Waals surface area (Å²) in [7, 11) is 0. The van der Waals surface area contributed by atoms with Crippen LogP contribution in [0.1, 0.15) is 55.0 Å². The molecular formula is C26H25F3N6O2. The summed E-state index contributed by atoms with van der Waals surface area (Å²) in [5, 5.41) is 8.09. The summed E-state index contributed by atoms with van der Waals surface area (Å²) in [4.78, 5) is 24.6. The number of amides is 1. The fraction of sp³-hybridized carbons (Fsp3) is 0.308. The number of alkyl halides is 3. The standard InChI is InChI=1S/C26H25F3N6O2/c1-15-11-22(23-32-19-7-5-16(25(2,3)4)12-20(19)33-23)34(14-15)24(36)18-13-17(37-26(27,28)29)6-8-21(18)35-30-9-10-31-35/h5-10,12-13,22H,1,11,14H2,2-4H3,(H,32,33). The Morgan fingerprint density at radius 3 is 2.51 bits per heavy atom. The number of nitrogens with one attached hydrogen (secondary N) is 1. The van der Waals surface area contributed by atoms with Gasteiger partial charge in [0.1, 0.15) is 11.6 Å². The number of likely N-dealkylation sites (tertiary alicyclic amines) is 1.